The number of Topliss-reactive ketones (excluding diaryl/α,β-unsaturated/α-hetero) is 1. The van der Waals surface area contributed by atoms with Crippen molar-refractivity contribution in [2.75, 3.05) is 13.1 Å². The molecule has 0 N–H and O–H groups in total. The second kappa shape index (κ2) is 4.25. The number of carbonyl (C=O) groups is 1. The van der Waals surface area contributed by atoms with Crippen LogP contribution >= 0.6 is 0 Å². The van der Waals surface area contributed by atoms with Crippen LogP contribution < -0.4 is 0 Å². The van der Waals surface area contributed by atoms with Crippen molar-refractivity contribution in [3.63, 3.8) is 0 Å². The zero-order valence-electron chi connectivity index (χ0n) is 10.1. The maximum Gasteiger partial charge on any atom is 0.152 e. The third-order valence-electron chi connectivity index (χ3n) is 4.40. The summed E-state index contributed by atoms with van der Waals surface area (Å²) in [5.41, 5.74) is -0.113. The Balaban J connectivity index is 2.04. The molecule has 15 heavy (non-hydrogen) atoms. The van der Waals surface area contributed by atoms with Crippen LogP contribution in [0.15, 0.2) is 0 Å². The van der Waals surface area contributed by atoms with E-state index in [9.17, 15) is 4.79 Å². The van der Waals surface area contributed by atoms with Gasteiger partial charge in [-0.3, -0.25) is 9.69 Å². The fourth-order valence-electron chi connectivity index (χ4n) is 3.00. The van der Waals surface area contributed by atoms with Crippen LogP contribution in [0.4, 0.5) is 0 Å². The van der Waals surface area contributed by atoms with E-state index in [0.717, 1.165) is 38.3 Å². The molecule has 2 heteroatoms. The SMILES string of the molecule is CC1CCN([C@@]2(C)CCCCC2=O)CC1. The molecule has 2 rings (SSSR count). The van der Waals surface area contributed by atoms with Crippen LogP contribution in [-0.2, 0) is 4.79 Å². The van der Waals surface area contributed by atoms with E-state index in [2.05, 4.69) is 18.7 Å². The molecule has 0 radical (unpaired) electrons. The van der Waals surface area contributed by atoms with E-state index < -0.39 is 0 Å². The lowest BCUT2D eigenvalue weighted by Crippen LogP contribution is -2.56. The molecule has 1 heterocycles. The summed E-state index contributed by atoms with van der Waals surface area (Å²) in [4.78, 5) is 14.5. The molecule has 1 aliphatic heterocycles. The molecule has 0 spiro atoms. The van der Waals surface area contributed by atoms with Gasteiger partial charge in [0.25, 0.3) is 0 Å². The fourth-order valence-corrected chi connectivity index (χ4v) is 3.00. The van der Waals surface area contributed by atoms with E-state index in [-0.39, 0.29) is 5.54 Å². The van der Waals surface area contributed by atoms with E-state index >= 15 is 0 Å². The first-order chi connectivity index (χ1) is 7.13. The number of likely N-dealkylation sites (tertiary alicyclic amines) is 1. The van der Waals surface area contributed by atoms with Crippen molar-refractivity contribution in [3.8, 4) is 0 Å². The molecule has 0 unspecified atom stereocenters. The summed E-state index contributed by atoms with van der Waals surface area (Å²) in [7, 11) is 0. The molecule has 0 aromatic heterocycles. The third kappa shape index (κ3) is 2.10. The van der Waals surface area contributed by atoms with Gasteiger partial charge in [0.05, 0.1) is 5.54 Å². The Kier molecular flexibility index (Phi) is 3.15. The van der Waals surface area contributed by atoms with Gasteiger partial charge in [0, 0.05) is 6.42 Å². The number of piperidine rings is 1. The van der Waals surface area contributed by atoms with Gasteiger partial charge in [-0.2, -0.15) is 0 Å². The van der Waals surface area contributed by atoms with Gasteiger partial charge in [-0.15, -0.1) is 0 Å². The van der Waals surface area contributed by atoms with Crippen LogP contribution in [0.1, 0.15) is 52.4 Å². The number of carbonyl (C=O) groups excluding carboxylic acids is 1. The molecule has 2 fully saturated rings. The molecule has 0 aromatic rings. The Bertz CT molecular complexity index is 243. The standard InChI is InChI=1S/C13H23NO/c1-11-6-9-14(10-7-11)13(2)8-4-3-5-12(13)15/h11H,3-10H2,1-2H3/t13-/m0/s1. The van der Waals surface area contributed by atoms with Gasteiger partial charge < -0.3 is 0 Å². The third-order valence-corrected chi connectivity index (χ3v) is 4.40. The molecule has 0 aromatic carbocycles. The van der Waals surface area contributed by atoms with E-state index in [4.69, 9.17) is 0 Å². The highest BCUT2D eigenvalue weighted by molar-refractivity contribution is 5.88. The monoisotopic (exact) mass is 209 g/mol. The van der Waals surface area contributed by atoms with Crippen LogP contribution in [0.25, 0.3) is 0 Å². The lowest BCUT2D eigenvalue weighted by Gasteiger charge is -2.45. The number of hydrogen-bond donors (Lipinski definition) is 0. The van der Waals surface area contributed by atoms with Crippen LogP contribution in [0.5, 0.6) is 0 Å². The molecule has 1 saturated heterocycles. The lowest BCUT2D eigenvalue weighted by atomic mass is 9.79. The van der Waals surface area contributed by atoms with E-state index in [1.165, 1.54) is 19.3 Å². The highest BCUT2D eigenvalue weighted by Crippen LogP contribution is 2.33. The van der Waals surface area contributed by atoms with Crippen LogP contribution in [0.2, 0.25) is 0 Å². The average molecular weight is 209 g/mol. The van der Waals surface area contributed by atoms with Crippen LogP contribution in [-0.4, -0.2) is 29.3 Å². The van der Waals surface area contributed by atoms with E-state index in [1.807, 2.05) is 0 Å². The summed E-state index contributed by atoms with van der Waals surface area (Å²) in [6, 6.07) is 0. The summed E-state index contributed by atoms with van der Waals surface area (Å²) < 4.78 is 0. The number of hydrogen-bond acceptors (Lipinski definition) is 2. The van der Waals surface area contributed by atoms with Gasteiger partial charge in [0.1, 0.15) is 0 Å². The van der Waals surface area contributed by atoms with Gasteiger partial charge >= 0.3 is 0 Å². The quantitative estimate of drug-likeness (QED) is 0.661. The van der Waals surface area contributed by atoms with E-state index in [0.29, 0.717) is 5.78 Å². The van der Waals surface area contributed by atoms with Gasteiger partial charge in [-0.1, -0.05) is 13.3 Å². The first-order valence-electron chi connectivity index (χ1n) is 6.41. The van der Waals surface area contributed by atoms with Crippen LogP contribution in [0, 0.1) is 5.92 Å². The number of rotatable bonds is 1. The lowest BCUT2D eigenvalue weighted by molar-refractivity contribution is -0.134. The van der Waals surface area contributed by atoms with Gasteiger partial charge in [-0.25, -0.2) is 0 Å². The molecule has 2 nitrogen and oxygen atoms in total. The van der Waals surface area contributed by atoms with Crippen molar-refractivity contribution >= 4 is 5.78 Å². The smallest absolute Gasteiger partial charge is 0.152 e. The minimum absolute atomic E-state index is 0.113. The highest BCUT2D eigenvalue weighted by atomic mass is 16.1. The number of ketones is 1. The molecule has 1 atom stereocenters. The second-order valence-electron chi connectivity index (χ2n) is 5.57. The van der Waals surface area contributed by atoms with Crippen molar-refractivity contribution in [1.82, 2.24) is 4.90 Å². The highest BCUT2D eigenvalue weighted by Gasteiger charge is 2.41. The Labute approximate surface area is 93.0 Å². The maximum atomic E-state index is 12.1. The van der Waals surface area contributed by atoms with Gasteiger partial charge in [0.2, 0.25) is 0 Å². The summed E-state index contributed by atoms with van der Waals surface area (Å²) >= 11 is 0. The predicted octanol–water partition coefficient (Wildman–Crippen LogP) is 2.62. The Morgan fingerprint density at radius 3 is 2.53 bits per heavy atom. The number of nitrogens with zero attached hydrogens (tertiary/aromatic N) is 1. The summed E-state index contributed by atoms with van der Waals surface area (Å²) in [6.07, 6.45) is 6.77. The first kappa shape index (κ1) is 11.1. The Morgan fingerprint density at radius 1 is 1.27 bits per heavy atom. The molecule has 0 bridgehead atoms. The topological polar surface area (TPSA) is 20.3 Å². The second-order valence-corrected chi connectivity index (χ2v) is 5.57. The molecular formula is C13H23NO. The van der Waals surface area contributed by atoms with E-state index in [1.54, 1.807) is 0 Å². The molecule has 0 amide bonds. The minimum atomic E-state index is -0.113. The normalized spacial score (nSPS) is 35.7. The largest absolute Gasteiger partial charge is 0.298 e. The van der Waals surface area contributed by atoms with Crippen molar-refractivity contribution < 1.29 is 4.79 Å². The van der Waals surface area contributed by atoms with Crippen molar-refractivity contribution in [3.05, 3.63) is 0 Å². The molecule has 1 aliphatic carbocycles. The molecule has 86 valence electrons. The summed E-state index contributed by atoms with van der Waals surface area (Å²) in [5.74, 6) is 1.34. The molecule has 2 aliphatic rings. The van der Waals surface area contributed by atoms with Crippen LogP contribution in [0.3, 0.4) is 0 Å². The maximum absolute atomic E-state index is 12.1. The zero-order valence-corrected chi connectivity index (χ0v) is 10.1. The van der Waals surface area contributed by atoms with Gasteiger partial charge in [0.15, 0.2) is 5.78 Å². The fraction of sp³-hybridized carbons (Fsp3) is 0.923. The molecule has 1 saturated carbocycles. The predicted molar refractivity (Wildman–Crippen MR) is 61.9 cm³/mol. The Morgan fingerprint density at radius 2 is 1.93 bits per heavy atom. The van der Waals surface area contributed by atoms with Crippen molar-refractivity contribution in [2.45, 2.75) is 57.9 Å². The van der Waals surface area contributed by atoms with Gasteiger partial charge in [-0.05, 0) is 51.6 Å². The first-order valence-corrected chi connectivity index (χ1v) is 6.41. The molecular weight excluding hydrogens is 186 g/mol. The average Bonchev–Trinajstić information content (AvgIpc) is 2.23. The zero-order chi connectivity index (χ0) is 10.9. The minimum Gasteiger partial charge on any atom is -0.298 e. The Hall–Kier alpha value is -0.370. The van der Waals surface area contributed by atoms with Crippen molar-refractivity contribution in [1.29, 1.82) is 0 Å². The van der Waals surface area contributed by atoms with Crippen molar-refractivity contribution in [2.24, 2.45) is 5.92 Å². The summed E-state index contributed by atoms with van der Waals surface area (Å²) in [6.45, 7) is 6.75. The summed E-state index contributed by atoms with van der Waals surface area (Å²) in [5, 5.41) is 0.